The van der Waals surface area contributed by atoms with Gasteiger partial charge < -0.3 is 5.73 Å². The lowest BCUT2D eigenvalue weighted by Gasteiger charge is -2.08. The zero-order valence-electron chi connectivity index (χ0n) is 10.2. The van der Waals surface area contributed by atoms with E-state index in [1.54, 1.807) is 6.08 Å². The lowest BCUT2D eigenvalue weighted by atomic mass is 9.98. The molecule has 1 rings (SSSR count). The smallest absolute Gasteiger partial charge is 0.251 e. The first-order valence-corrected chi connectivity index (χ1v) is 5.57. The fraction of sp³-hybridized carbons (Fsp3) is 0.214. The number of primary amides is 1. The second-order valence-electron chi connectivity index (χ2n) is 3.87. The van der Waals surface area contributed by atoms with Crippen LogP contribution in [0.3, 0.4) is 0 Å². The van der Waals surface area contributed by atoms with Crippen LogP contribution in [0.15, 0.2) is 36.7 Å². The quantitative estimate of drug-likeness (QED) is 0.803. The van der Waals surface area contributed by atoms with Gasteiger partial charge >= 0.3 is 0 Å². The third kappa shape index (κ3) is 3.52. The number of carbonyl (C=O) groups is 1. The summed E-state index contributed by atoms with van der Waals surface area (Å²) >= 11 is 0. The molecule has 1 aromatic rings. The van der Waals surface area contributed by atoms with Crippen molar-refractivity contribution in [3.05, 3.63) is 59.2 Å². The first-order valence-electron chi connectivity index (χ1n) is 5.57. The highest BCUT2D eigenvalue weighted by molar-refractivity contribution is 5.93. The van der Waals surface area contributed by atoms with Crippen molar-refractivity contribution < 1.29 is 13.6 Å². The summed E-state index contributed by atoms with van der Waals surface area (Å²) in [7, 11) is 0. The molecule has 0 unspecified atom stereocenters. The molecule has 2 N–H and O–H groups in total. The van der Waals surface area contributed by atoms with E-state index in [9.17, 15) is 13.6 Å². The summed E-state index contributed by atoms with van der Waals surface area (Å²) in [6, 6.07) is 2.72. The Bertz CT molecular complexity index is 507. The van der Waals surface area contributed by atoms with Crippen LogP contribution < -0.4 is 5.73 Å². The molecule has 0 spiro atoms. The van der Waals surface area contributed by atoms with Crippen LogP contribution in [0.5, 0.6) is 0 Å². The molecular formula is C14H15F2NO. The SMILES string of the molecule is C=C(F)C=CCc1cc(F)c(C(N)=O)cc1CC. The summed E-state index contributed by atoms with van der Waals surface area (Å²) in [5, 5.41) is 0. The number of amides is 1. The maximum Gasteiger partial charge on any atom is 0.251 e. The van der Waals surface area contributed by atoms with E-state index in [2.05, 4.69) is 6.58 Å². The summed E-state index contributed by atoms with van der Waals surface area (Å²) in [6.07, 6.45) is 3.79. The monoisotopic (exact) mass is 251 g/mol. The van der Waals surface area contributed by atoms with E-state index < -0.39 is 17.6 Å². The molecule has 4 heteroatoms. The standard InChI is InChI=1S/C14H15F2NO/c1-3-10-7-12(14(17)18)13(16)8-11(10)6-4-5-9(2)15/h4-5,7-8H,2-3,6H2,1H3,(H2,17,18). The van der Waals surface area contributed by atoms with Gasteiger partial charge in [0.05, 0.1) is 5.56 Å². The van der Waals surface area contributed by atoms with Gasteiger partial charge in [-0.3, -0.25) is 4.79 Å². The Morgan fingerprint density at radius 2 is 2.11 bits per heavy atom. The molecule has 0 saturated heterocycles. The minimum atomic E-state index is -0.790. The molecule has 0 aliphatic carbocycles. The predicted molar refractivity (Wildman–Crippen MR) is 67.4 cm³/mol. The minimum Gasteiger partial charge on any atom is -0.366 e. The molecule has 1 amide bonds. The van der Waals surface area contributed by atoms with Crippen molar-refractivity contribution in [2.24, 2.45) is 5.73 Å². The van der Waals surface area contributed by atoms with Crippen molar-refractivity contribution in [3.63, 3.8) is 0 Å². The van der Waals surface area contributed by atoms with E-state index in [-0.39, 0.29) is 5.56 Å². The Labute approximate surface area is 105 Å². The largest absolute Gasteiger partial charge is 0.366 e. The maximum absolute atomic E-state index is 13.6. The van der Waals surface area contributed by atoms with Crippen LogP contribution >= 0.6 is 0 Å². The van der Waals surface area contributed by atoms with Gasteiger partial charge in [0.1, 0.15) is 11.6 Å². The van der Waals surface area contributed by atoms with E-state index in [1.807, 2.05) is 6.92 Å². The summed E-state index contributed by atoms with van der Waals surface area (Å²) in [5.74, 6) is -1.99. The van der Waals surface area contributed by atoms with Crippen molar-refractivity contribution in [1.82, 2.24) is 0 Å². The van der Waals surface area contributed by atoms with E-state index >= 15 is 0 Å². The van der Waals surface area contributed by atoms with Crippen molar-refractivity contribution in [1.29, 1.82) is 0 Å². The molecule has 96 valence electrons. The third-order valence-electron chi connectivity index (χ3n) is 2.57. The second-order valence-corrected chi connectivity index (χ2v) is 3.87. The van der Waals surface area contributed by atoms with Gasteiger partial charge in [0.25, 0.3) is 5.91 Å². The number of rotatable bonds is 5. The highest BCUT2D eigenvalue weighted by Gasteiger charge is 2.12. The molecule has 0 aliphatic rings. The molecule has 1 aromatic carbocycles. The first kappa shape index (κ1) is 14.1. The first-order chi connectivity index (χ1) is 8.45. The van der Waals surface area contributed by atoms with Crippen LogP contribution in [0.25, 0.3) is 0 Å². The zero-order valence-corrected chi connectivity index (χ0v) is 10.2. The van der Waals surface area contributed by atoms with Gasteiger partial charge in [-0.25, -0.2) is 8.78 Å². The second kappa shape index (κ2) is 6.10. The number of carbonyl (C=O) groups excluding carboxylic acids is 1. The Hall–Kier alpha value is -1.97. The maximum atomic E-state index is 13.6. The van der Waals surface area contributed by atoms with Crippen LogP contribution in [0.2, 0.25) is 0 Å². The average molecular weight is 251 g/mol. The molecule has 0 atom stereocenters. The summed E-state index contributed by atoms with van der Waals surface area (Å²) in [4.78, 5) is 11.0. The molecule has 0 aliphatic heterocycles. The van der Waals surface area contributed by atoms with Gasteiger partial charge in [-0.2, -0.15) is 0 Å². The molecular weight excluding hydrogens is 236 g/mol. The molecule has 0 fully saturated rings. The number of aryl methyl sites for hydroxylation is 1. The highest BCUT2D eigenvalue weighted by atomic mass is 19.1. The Kier molecular flexibility index (Phi) is 4.77. The molecule has 0 bridgehead atoms. The van der Waals surface area contributed by atoms with Crippen molar-refractivity contribution >= 4 is 5.91 Å². The van der Waals surface area contributed by atoms with Crippen LogP contribution in [0.4, 0.5) is 8.78 Å². The fourth-order valence-electron chi connectivity index (χ4n) is 1.68. The van der Waals surface area contributed by atoms with Crippen LogP contribution in [0, 0.1) is 5.82 Å². The van der Waals surface area contributed by atoms with E-state index in [0.717, 1.165) is 5.56 Å². The van der Waals surface area contributed by atoms with Gasteiger partial charge in [-0.15, -0.1) is 0 Å². The highest BCUT2D eigenvalue weighted by Crippen LogP contribution is 2.18. The summed E-state index contributed by atoms with van der Waals surface area (Å²) in [5.41, 5.74) is 6.48. The molecule has 0 saturated carbocycles. The number of nitrogens with two attached hydrogens (primary N) is 1. The van der Waals surface area contributed by atoms with E-state index in [4.69, 9.17) is 5.73 Å². The average Bonchev–Trinajstić information content (AvgIpc) is 2.28. The topological polar surface area (TPSA) is 43.1 Å². The number of halogens is 2. The van der Waals surface area contributed by atoms with Gasteiger partial charge in [-0.05, 0) is 42.2 Å². The Morgan fingerprint density at radius 3 is 2.61 bits per heavy atom. The number of hydrogen-bond acceptors (Lipinski definition) is 1. The van der Waals surface area contributed by atoms with Gasteiger partial charge in [0, 0.05) is 0 Å². The lowest BCUT2D eigenvalue weighted by molar-refractivity contribution is 0.0996. The summed E-state index contributed by atoms with van der Waals surface area (Å²) in [6.45, 7) is 4.98. The van der Waals surface area contributed by atoms with Crippen LogP contribution in [0.1, 0.15) is 28.4 Å². The Morgan fingerprint density at radius 1 is 1.44 bits per heavy atom. The number of benzene rings is 1. The molecule has 0 heterocycles. The molecule has 0 aromatic heterocycles. The van der Waals surface area contributed by atoms with Crippen molar-refractivity contribution in [2.75, 3.05) is 0 Å². The Balaban J connectivity index is 3.09. The van der Waals surface area contributed by atoms with Crippen molar-refractivity contribution in [2.45, 2.75) is 19.8 Å². The predicted octanol–water partition coefficient (Wildman–Crippen LogP) is 3.07. The summed E-state index contributed by atoms with van der Waals surface area (Å²) < 4.78 is 26.0. The van der Waals surface area contributed by atoms with Crippen LogP contribution in [-0.4, -0.2) is 5.91 Å². The van der Waals surface area contributed by atoms with E-state index in [0.29, 0.717) is 18.4 Å². The number of allylic oxidation sites excluding steroid dienone is 3. The lowest BCUT2D eigenvalue weighted by Crippen LogP contribution is -2.14. The molecule has 2 nitrogen and oxygen atoms in total. The molecule has 18 heavy (non-hydrogen) atoms. The van der Waals surface area contributed by atoms with Crippen LogP contribution in [-0.2, 0) is 12.8 Å². The zero-order chi connectivity index (χ0) is 13.7. The van der Waals surface area contributed by atoms with Gasteiger partial charge in [-0.1, -0.05) is 19.6 Å². The van der Waals surface area contributed by atoms with E-state index in [1.165, 1.54) is 18.2 Å². The van der Waals surface area contributed by atoms with Gasteiger partial charge in [0.2, 0.25) is 0 Å². The van der Waals surface area contributed by atoms with Crippen molar-refractivity contribution in [3.8, 4) is 0 Å². The fourth-order valence-corrected chi connectivity index (χ4v) is 1.68. The molecule has 0 radical (unpaired) electrons. The third-order valence-corrected chi connectivity index (χ3v) is 2.57. The number of hydrogen-bond donors (Lipinski definition) is 1. The minimum absolute atomic E-state index is 0.116. The van der Waals surface area contributed by atoms with Gasteiger partial charge in [0.15, 0.2) is 0 Å². The normalized spacial score (nSPS) is 10.8.